The number of halogens is 1. The molecular weight excluding hydrogens is 372 g/mol. The van der Waals surface area contributed by atoms with Crippen LogP contribution in [0.3, 0.4) is 0 Å². The van der Waals surface area contributed by atoms with Crippen LogP contribution in [-0.2, 0) is 6.54 Å². The molecule has 0 aliphatic rings. The average Bonchev–Trinajstić information content (AvgIpc) is 2.69. The Balaban J connectivity index is 2.14. The minimum atomic E-state index is -0.331. The van der Waals surface area contributed by atoms with Gasteiger partial charge in [-0.3, -0.25) is 4.79 Å². The number of methoxy groups -OCH3 is 3. The van der Waals surface area contributed by atoms with Gasteiger partial charge in [-0.1, -0.05) is 11.6 Å². The van der Waals surface area contributed by atoms with Crippen molar-refractivity contribution in [1.29, 1.82) is 0 Å². The van der Waals surface area contributed by atoms with E-state index in [0.29, 0.717) is 34.4 Å². The van der Waals surface area contributed by atoms with Crippen molar-refractivity contribution in [2.24, 2.45) is 0 Å². The van der Waals surface area contributed by atoms with E-state index >= 15 is 0 Å². The van der Waals surface area contributed by atoms with Gasteiger partial charge in [-0.25, -0.2) is 0 Å². The molecule has 0 spiro atoms. The fourth-order valence-electron chi connectivity index (χ4n) is 2.50. The molecule has 2 aromatic carbocycles. The highest BCUT2D eigenvalue weighted by Crippen LogP contribution is 2.35. The van der Waals surface area contributed by atoms with Gasteiger partial charge in [0, 0.05) is 30.4 Å². The largest absolute Gasteiger partial charge is 0.496 e. The second-order valence-corrected chi connectivity index (χ2v) is 5.95. The first-order valence-corrected chi connectivity index (χ1v) is 8.63. The summed E-state index contributed by atoms with van der Waals surface area (Å²) in [5.41, 5.74) is 1.96. The van der Waals surface area contributed by atoms with Crippen LogP contribution in [0.15, 0.2) is 30.3 Å². The van der Waals surface area contributed by atoms with Gasteiger partial charge in [-0.05, 0) is 24.3 Å². The number of carbonyl (C=O) groups excluding carboxylic acids is 1. The van der Waals surface area contributed by atoms with E-state index in [1.54, 1.807) is 45.6 Å². The molecule has 27 heavy (non-hydrogen) atoms. The lowest BCUT2D eigenvalue weighted by atomic mass is 10.1. The highest BCUT2D eigenvalue weighted by Gasteiger charge is 2.13. The molecule has 0 bridgehead atoms. The van der Waals surface area contributed by atoms with Crippen molar-refractivity contribution in [2.45, 2.75) is 6.54 Å². The lowest BCUT2D eigenvalue weighted by molar-refractivity contribution is 0.0945. The lowest BCUT2D eigenvalue weighted by Gasteiger charge is -2.15. The average molecular weight is 395 g/mol. The molecule has 0 saturated heterocycles. The topological polar surface area (TPSA) is 89.0 Å². The first-order chi connectivity index (χ1) is 13.0. The van der Waals surface area contributed by atoms with E-state index in [1.165, 1.54) is 0 Å². The number of rotatable bonds is 9. The first kappa shape index (κ1) is 20.7. The number of hydrogen-bond acceptors (Lipinski definition) is 6. The number of anilines is 1. The number of benzene rings is 2. The van der Waals surface area contributed by atoms with Crippen LogP contribution in [0.4, 0.5) is 5.69 Å². The molecule has 0 atom stereocenters. The van der Waals surface area contributed by atoms with Gasteiger partial charge in [-0.2, -0.15) is 0 Å². The maximum atomic E-state index is 12.0. The Bertz CT molecular complexity index is 798. The summed E-state index contributed by atoms with van der Waals surface area (Å²) >= 11 is 6.21. The van der Waals surface area contributed by atoms with Crippen molar-refractivity contribution in [3.63, 3.8) is 0 Å². The standard InChI is InChI=1S/C19H23ClN2O5/c1-25-16-10-18(27-3)17(26-2)8-12(16)11-22-13-4-5-14(15(20)9-13)19(24)21-6-7-23/h4-5,8-10,22-23H,6-7,11H2,1-3H3,(H,21,24). The fraction of sp³-hybridized carbons (Fsp3) is 0.316. The molecule has 0 radical (unpaired) electrons. The van der Waals surface area contributed by atoms with Crippen molar-refractivity contribution in [2.75, 3.05) is 39.8 Å². The van der Waals surface area contributed by atoms with E-state index in [4.69, 9.17) is 30.9 Å². The van der Waals surface area contributed by atoms with E-state index in [9.17, 15) is 4.79 Å². The number of amides is 1. The summed E-state index contributed by atoms with van der Waals surface area (Å²) in [5, 5.41) is 14.9. The molecule has 3 N–H and O–H groups in total. The fourth-order valence-corrected chi connectivity index (χ4v) is 2.77. The number of aliphatic hydroxyl groups excluding tert-OH is 1. The predicted octanol–water partition coefficient (Wildman–Crippen LogP) is 2.70. The van der Waals surface area contributed by atoms with Gasteiger partial charge in [0.05, 0.1) is 38.5 Å². The van der Waals surface area contributed by atoms with Crippen molar-refractivity contribution >= 4 is 23.2 Å². The zero-order valence-electron chi connectivity index (χ0n) is 15.5. The van der Waals surface area contributed by atoms with Crippen LogP contribution in [0.25, 0.3) is 0 Å². The van der Waals surface area contributed by atoms with Crippen molar-refractivity contribution in [3.05, 3.63) is 46.5 Å². The maximum Gasteiger partial charge on any atom is 0.252 e. The minimum absolute atomic E-state index is 0.129. The van der Waals surface area contributed by atoms with E-state index in [0.717, 1.165) is 11.3 Å². The number of nitrogens with one attached hydrogen (secondary N) is 2. The summed E-state index contributed by atoms with van der Waals surface area (Å²) in [6, 6.07) is 8.65. The number of hydrogen-bond donors (Lipinski definition) is 3. The SMILES string of the molecule is COc1cc(OC)c(OC)cc1CNc1ccc(C(=O)NCCO)c(Cl)c1. The predicted molar refractivity (Wildman–Crippen MR) is 104 cm³/mol. The van der Waals surface area contributed by atoms with Crippen LogP contribution < -0.4 is 24.8 Å². The molecule has 2 rings (SSSR count). The summed E-state index contributed by atoms with van der Waals surface area (Å²) in [6.45, 7) is 0.500. The van der Waals surface area contributed by atoms with Gasteiger partial charge in [0.1, 0.15) is 5.75 Å². The molecule has 0 heterocycles. The van der Waals surface area contributed by atoms with Gasteiger partial charge in [-0.15, -0.1) is 0 Å². The molecule has 7 nitrogen and oxygen atoms in total. The zero-order valence-corrected chi connectivity index (χ0v) is 16.2. The van der Waals surface area contributed by atoms with E-state index in [-0.39, 0.29) is 19.1 Å². The Morgan fingerprint density at radius 3 is 2.30 bits per heavy atom. The number of aliphatic hydroxyl groups is 1. The molecule has 0 saturated carbocycles. The van der Waals surface area contributed by atoms with Crippen LogP contribution >= 0.6 is 11.6 Å². The third kappa shape index (κ3) is 5.18. The van der Waals surface area contributed by atoms with Crippen LogP contribution in [0.2, 0.25) is 5.02 Å². The Labute approximate surface area is 163 Å². The molecule has 0 aliphatic carbocycles. The van der Waals surface area contributed by atoms with Gasteiger partial charge >= 0.3 is 0 Å². The number of ether oxygens (including phenoxy) is 3. The summed E-state index contributed by atoms with van der Waals surface area (Å²) in [4.78, 5) is 12.0. The summed E-state index contributed by atoms with van der Waals surface area (Å²) in [5.74, 6) is 1.51. The van der Waals surface area contributed by atoms with Gasteiger partial charge in [0.25, 0.3) is 5.91 Å². The molecule has 146 valence electrons. The maximum absolute atomic E-state index is 12.0. The summed E-state index contributed by atoms with van der Waals surface area (Å²) in [7, 11) is 4.72. The quantitative estimate of drug-likeness (QED) is 0.606. The smallest absolute Gasteiger partial charge is 0.252 e. The number of carbonyl (C=O) groups is 1. The Morgan fingerprint density at radius 1 is 1.04 bits per heavy atom. The van der Waals surface area contributed by atoms with Crippen LogP contribution in [0.5, 0.6) is 17.2 Å². The molecule has 0 aliphatic heterocycles. The molecular formula is C19H23ClN2O5. The van der Waals surface area contributed by atoms with Crippen LogP contribution in [-0.4, -0.2) is 45.5 Å². The normalized spacial score (nSPS) is 10.3. The van der Waals surface area contributed by atoms with Crippen LogP contribution in [0, 0.1) is 0 Å². The summed E-state index contributed by atoms with van der Waals surface area (Å²) < 4.78 is 16.0. The minimum Gasteiger partial charge on any atom is -0.496 e. The third-order valence-corrected chi connectivity index (χ3v) is 4.19. The Kier molecular flexibility index (Phi) is 7.57. The van der Waals surface area contributed by atoms with Crippen molar-refractivity contribution in [3.8, 4) is 17.2 Å². The third-order valence-electron chi connectivity index (χ3n) is 3.88. The van der Waals surface area contributed by atoms with Gasteiger partial charge < -0.3 is 30.0 Å². The molecule has 2 aromatic rings. The Morgan fingerprint density at radius 2 is 1.70 bits per heavy atom. The van der Waals surface area contributed by atoms with Crippen molar-refractivity contribution < 1.29 is 24.1 Å². The molecule has 0 unspecified atom stereocenters. The highest BCUT2D eigenvalue weighted by atomic mass is 35.5. The van der Waals surface area contributed by atoms with Crippen LogP contribution in [0.1, 0.15) is 15.9 Å². The van der Waals surface area contributed by atoms with Gasteiger partial charge in [0.15, 0.2) is 11.5 Å². The molecule has 8 heteroatoms. The lowest BCUT2D eigenvalue weighted by Crippen LogP contribution is -2.26. The highest BCUT2D eigenvalue weighted by molar-refractivity contribution is 6.34. The van der Waals surface area contributed by atoms with E-state index in [2.05, 4.69) is 10.6 Å². The molecule has 0 fully saturated rings. The molecule has 0 aromatic heterocycles. The zero-order chi connectivity index (χ0) is 19.8. The van der Waals surface area contributed by atoms with Gasteiger partial charge in [0.2, 0.25) is 0 Å². The second kappa shape index (κ2) is 9.89. The van der Waals surface area contributed by atoms with Crippen molar-refractivity contribution in [1.82, 2.24) is 5.32 Å². The van der Waals surface area contributed by atoms with E-state index < -0.39 is 0 Å². The first-order valence-electron chi connectivity index (χ1n) is 8.25. The van der Waals surface area contributed by atoms with E-state index in [1.807, 2.05) is 6.07 Å². The molecule has 1 amide bonds. The Hall–Kier alpha value is -2.64. The monoisotopic (exact) mass is 394 g/mol. The second-order valence-electron chi connectivity index (χ2n) is 5.55. The summed E-state index contributed by atoms with van der Waals surface area (Å²) in [6.07, 6.45) is 0.